The summed E-state index contributed by atoms with van der Waals surface area (Å²) in [5, 5.41) is 0. The van der Waals surface area contributed by atoms with Crippen LogP contribution in [0.25, 0.3) is 0 Å². The molecule has 1 amide bonds. The molecule has 0 spiro atoms. The molecule has 30 heavy (non-hydrogen) atoms. The van der Waals surface area contributed by atoms with Gasteiger partial charge in [0.25, 0.3) is 10.0 Å². The number of carbonyl (C=O) groups is 1. The molecule has 2 saturated heterocycles. The molecule has 0 aliphatic carbocycles. The van der Waals surface area contributed by atoms with Crippen LogP contribution in [0.2, 0.25) is 0 Å². The van der Waals surface area contributed by atoms with Crippen LogP contribution >= 0.6 is 11.3 Å². The second-order valence-electron chi connectivity index (χ2n) is 7.71. The molecular weight excluding hydrogens is 425 g/mol. The number of piperidine rings is 1. The Bertz CT molecular complexity index is 977. The first-order valence-electron chi connectivity index (χ1n) is 10.3. The zero-order chi connectivity index (χ0) is 21.1. The first kappa shape index (κ1) is 21.3. The average molecular weight is 452 g/mol. The second-order valence-corrected chi connectivity index (χ2v) is 11.0. The minimum Gasteiger partial charge on any atom is -0.368 e. The standard InChI is InChI=1S/C21H26FN3O3S2/c22-17-4-6-18(7-5-17)23-12-14-24(15-13-23)20(26)16-19-8-9-21(29-19)30(27,28)25-10-2-1-3-11-25/h4-9H,1-3,10-16H2. The summed E-state index contributed by atoms with van der Waals surface area (Å²) in [6, 6.07) is 9.78. The maximum Gasteiger partial charge on any atom is 0.252 e. The first-order valence-corrected chi connectivity index (χ1v) is 12.6. The van der Waals surface area contributed by atoms with Crippen LogP contribution in [0.5, 0.6) is 0 Å². The largest absolute Gasteiger partial charge is 0.368 e. The summed E-state index contributed by atoms with van der Waals surface area (Å²) in [6.07, 6.45) is 3.10. The third-order valence-corrected chi connectivity index (χ3v) is 9.15. The van der Waals surface area contributed by atoms with Gasteiger partial charge in [-0.25, -0.2) is 12.8 Å². The van der Waals surface area contributed by atoms with Crippen LogP contribution < -0.4 is 4.90 Å². The van der Waals surface area contributed by atoms with E-state index >= 15 is 0 Å². The predicted molar refractivity (Wildman–Crippen MR) is 116 cm³/mol. The zero-order valence-corrected chi connectivity index (χ0v) is 18.4. The summed E-state index contributed by atoms with van der Waals surface area (Å²) in [4.78, 5) is 17.4. The fraction of sp³-hybridized carbons (Fsp3) is 0.476. The minimum atomic E-state index is -3.45. The molecule has 0 unspecified atom stereocenters. The molecule has 162 valence electrons. The molecule has 2 aliphatic rings. The van der Waals surface area contributed by atoms with Crippen molar-refractivity contribution in [3.8, 4) is 0 Å². The van der Waals surface area contributed by atoms with Crippen LogP contribution in [-0.2, 0) is 21.2 Å². The highest BCUT2D eigenvalue weighted by Gasteiger charge is 2.28. The Labute approximate surface area is 180 Å². The molecule has 4 rings (SSSR count). The summed E-state index contributed by atoms with van der Waals surface area (Å²) in [5.41, 5.74) is 0.953. The van der Waals surface area contributed by atoms with E-state index in [1.807, 2.05) is 4.90 Å². The van der Waals surface area contributed by atoms with E-state index in [9.17, 15) is 17.6 Å². The number of thiophene rings is 1. The molecule has 0 saturated carbocycles. The van der Waals surface area contributed by atoms with E-state index in [1.165, 1.54) is 23.5 Å². The van der Waals surface area contributed by atoms with Crippen molar-refractivity contribution in [2.24, 2.45) is 0 Å². The van der Waals surface area contributed by atoms with Crippen molar-refractivity contribution in [2.45, 2.75) is 29.9 Å². The van der Waals surface area contributed by atoms with Gasteiger partial charge in [-0.3, -0.25) is 4.79 Å². The van der Waals surface area contributed by atoms with Crippen LogP contribution in [0.3, 0.4) is 0 Å². The number of rotatable bonds is 5. The molecule has 0 atom stereocenters. The Kier molecular flexibility index (Phi) is 6.40. The van der Waals surface area contributed by atoms with Crippen LogP contribution in [0.4, 0.5) is 10.1 Å². The number of nitrogens with zero attached hydrogens (tertiary/aromatic N) is 3. The molecule has 3 heterocycles. The van der Waals surface area contributed by atoms with E-state index in [4.69, 9.17) is 0 Å². The van der Waals surface area contributed by atoms with Gasteiger partial charge in [0.05, 0.1) is 6.42 Å². The van der Waals surface area contributed by atoms with Crippen LogP contribution in [0.15, 0.2) is 40.6 Å². The number of carbonyl (C=O) groups excluding carboxylic acids is 1. The van der Waals surface area contributed by atoms with Gasteiger partial charge in [0.2, 0.25) is 5.91 Å². The molecule has 0 bridgehead atoms. The lowest BCUT2D eigenvalue weighted by Gasteiger charge is -2.36. The van der Waals surface area contributed by atoms with Crippen LogP contribution in [0, 0.1) is 5.82 Å². The lowest BCUT2D eigenvalue weighted by Crippen LogP contribution is -2.49. The lowest BCUT2D eigenvalue weighted by molar-refractivity contribution is -0.130. The van der Waals surface area contributed by atoms with Gasteiger partial charge in [-0.2, -0.15) is 4.31 Å². The van der Waals surface area contributed by atoms with Gasteiger partial charge in [0.15, 0.2) is 0 Å². The molecule has 1 aromatic carbocycles. The Balaban J connectivity index is 1.33. The SMILES string of the molecule is O=C(Cc1ccc(S(=O)(=O)N2CCCCC2)s1)N1CCN(c2ccc(F)cc2)CC1. The van der Waals surface area contributed by atoms with E-state index < -0.39 is 10.0 Å². The van der Waals surface area contributed by atoms with Crippen LogP contribution in [-0.4, -0.2) is 62.8 Å². The topological polar surface area (TPSA) is 60.9 Å². The Hall–Kier alpha value is -1.97. The highest BCUT2D eigenvalue weighted by molar-refractivity contribution is 7.91. The molecule has 6 nitrogen and oxygen atoms in total. The summed E-state index contributed by atoms with van der Waals surface area (Å²) < 4.78 is 40.6. The molecule has 0 radical (unpaired) electrons. The fourth-order valence-electron chi connectivity index (χ4n) is 3.95. The molecule has 0 N–H and O–H groups in total. The molecule has 2 aromatic rings. The van der Waals surface area contributed by atoms with Crippen molar-refractivity contribution in [1.29, 1.82) is 0 Å². The van der Waals surface area contributed by atoms with Crippen molar-refractivity contribution < 1.29 is 17.6 Å². The molecule has 2 aliphatic heterocycles. The maximum absolute atomic E-state index is 13.1. The number of halogens is 1. The molecule has 1 aromatic heterocycles. The summed E-state index contributed by atoms with van der Waals surface area (Å²) in [5.74, 6) is -0.247. The van der Waals surface area contributed by atoms with Crippen molar-refractivity contribution in [3.05, 3.63) is 47.1 Å². The fourth-order valence-corrected chi connectivity index (χ4v) is 6.97. The number of hydrogen-bond acceptors (Lipinski definition) is 5. The Morgan fingerprint density at radius 2 is 1.57 bits per heavy atom. The monoisotopic (exact) mass is 451 g/mol. The summed E-state index contributed by atoms with van der Waals surface area (Å²) in [7, 11) is -3.45. The third-order valence-electron chi connectivity index (χ3n) is 5.70. The number of amides is 1. The predicted octanol–water partition coefficient (Wildman–Crippen LogP) is 2.95. The minimum absolute atomic E-state index is 0.0116. The number of anilines is 1. The number of hydrogen-bond donors (Lipinski definition) is 0. The van der Waals surface area contributed by atoms with Gasteiger partial charge >= 0.3 is 0 Å². The average Bonchev–Trinajstić information content (AvgIpc) is 3.24. The Morgan fingerprint density at radius 1 is 0.900 bits per heavy atom. The van der Waals surface area contributed by atoms with Crippen molar-refractivity contribution in [1.82, 2.24) is 9.21 Å². The summed E-state index contributed by atoms with van der Waals surface area (Å²) in [6.45, 7) is 3.73. The van der Waals surface area contributed by atoms with Gasteiger partial charge in [-0.15, -0.1) is 11.3 Å². The van der Waals surface area contributed by atoms with Gasteiger partial charge in [0, 0.05) is 49.8 Å². The highest BCUT2D eigenvalue weighted by Crippen LogP contribution is 2.28. The second kappa shape index (κ2) is 9.03. The molecular formula is C21H26FN3O3S2. The van der Waals surface area contributed by atoms with Crippen LogP contribution in [0.1, 0.15) is 24.1 Å². The van der Waals surface area contributed by atoms with Crippen molar-refractivity contribution in [2.75, 3.05) is 44.2 Å². The quantitative estimate of drug-likeness (QED) is 0.701. The van der Waals surface area contributed by atoms with E-state index in [2.05, 4.69) is 4.90 Å². The zero-order valence-electron chi connectivity index (χ0n) is 16.8. The first-order chi connectivity index (χ1) is 14.4. The van der Waals surface area contributed by atoms with Gasteiger partial charge in [0.1, 0.15) is 10.0 Å². The third kappa shape index (κ3) is 4.68. The van der Waals surface area contributed by atoms with E-state index in [0.717, 1.165) is 29.8 Å². The van der Waals surface area contributed by atoms with E-state index in [1.54, 1.807) is 28.6 Å². The highest BCUT2D eigenvalue weighted by atomic mass is 32.2. The van der Waals surface area contributed by atoms with E-state index in [-0.39, 0.29) is 18.1 Å². The molecule has 9 heteroatoms. The number of benzene rings is 1. The summed E-state index contributed by atoms with van der Waals surface area (Å²) >= 11 is 1.20. The number of sulfonamides is 1. The van der Waals surface area contributed by atoms with Crippen molar-refractivity contribution >= 4 is 33.0 Å². The van der Waals surface area contributed by atoms with E-state index in [0.29, 0.717) is 43.5 Å². The number of piperazine rings is 1. The van der Waals surface area contributed by atoms with Gasteiger partial charge < -0.3 is 9.80 Å². The smallest absolute Gasteiger partial charge is 0.252 e. The normalized spacial score (nSPS) is 18.6. The Morgan fingerprint density at radius 3 is 2.23 bits per heavy atom. The van der Waals surface area contributed by atoms with Gasteiger partial charge in [-0.05, 0) is 49.2 Å². The molecule has 2 fully saturated rings. The van der Waals surface area contributed by atoms with Gasteiger partial charge in [-0.1, -0.05) is 6.42 Å². The van der Waals surface area contributed by atoms with Crippen molar-refractivity contribution in [3.63, 3.8) is 0 Å². The maximum atomic E-state index is 13.1. The lowest BCUT2D eigenvalue weighted by atomic mass is 10.2.